The van der Waals surface area contributed by atoms with Crippen molar-refractivity contribution >= 4 is 23.4 Å². The fraction of sp³-hybridized carbons (Fsp3) is 0.320. The third kappa shape index (κ3) is 4.78. The molecule has 0 bridgehead atoms. The molecule has 35 heavy (non-hydrogen) atoms. The Morgan fingerprint density at radius 2 is 1.77 bits per heavy atom. The van der Waals surface area contributed by atoms with E-state index in [9.17, 15) is 9.59 Å². The summed E-state index contributed by atoms with van der Waals surface area (Å²) in [7, 11) is 3.09. The molecule has 5 rings (SSSR count). The quantitative estimate of drug-likeness (QED) is 0.432. The number of aromatic nitrogens is 2. The maximum atomic E-state index is 13.0. The predicted octanol–water partition coefficient (Wildman–Crippen LogP) is 3.56. The summed E-state index contributed by atoms with van der Waals surface area (Å²) < 4.78 is 12.2. The van der Waals surface area contributed by atoms with Crippen LogP contribution in [0.25, 0.3) is 11.3 Å². The molecular formula is C25H28N6O4. The highest BCUT2D eigenvalue weighted by Crippen LogP contribution is 2.32. The Hall–Kier alpha value is -4.05. The highest BCUT2D eigenvalue weighted by Gasteiger charge is 2.40. The molecule has 3 aromatic rings. The number of ether oxygens (including phenoxy) is 2. The number of hydrogen-bond acceptors (Lipinski definition) is 6. The summed E-state index contributed by atoms with van der Waals surface area (Å²) >= 11 is 0. The first kappa shape index (κ1) is 22.7. The molecule has 3 amide bonds. The van der Waals surface area contributed by atoms with E-state index in [-0.39, 0.29) is 17.9 Å². The van der Waals surface area contributed by atoms with Gasteiger partial charge in [-0.05, 0) is 12.8 Å². The van der Waals surface area contributed by atoms with Crippen LogP contribution in [0.5, 0.6) is 11.5 Å². The lowest BCUT2D eigenvalue weighted by Crippen LogP contribution is -2.57. The van der Waals surface area contributed by atoms with E-state index in [0.29, 0.717) is 28.7 Å². The van der Waals surface area contributed by atoms with E-state index in [2.05, 4.69) is 21.3 Å². The Morgan fingerprint density at radius 3 is 2.49 bits per heavy atom. The van der Waals surface area contributed by atoms with Crippen LogP contribution in [0.3, 0.4) is 0 Å². The Labute approximate surface area is 203 Å². The van der Waals surface area contributed by atoms with Crippen LogP contribution in [0.15, 0.2) is 54.6 Å². The predicted molar refractivity (Wildman–Crippen MR) is 131 cm³/mol. The summed E-state index contributed by atoms with van der Waals surface area (Å²) in [4.78, 5) is 25.7. The second-order valence-corrected chi connectivity index (χ2v) is 8.63. The smallest absolute Gasteiger partial charge is 0.324 e. The number of hydrogen-bond donors (Lipinski definition) is 4. The van der Waals surface area contributed by atoms with Crippen molar-refractivity contribution in [2.45, 2.75) is 31.6 Å². The lowest BCUT2D eigenvalue weighted by atomic mass is 10.0. The minimum absolute atomic E-state index is 0.00638. The van der Waals surface area contributed by atoms with Crippen molar-refractivity contribution in [1.29, 1.82) is 0 Å². The van der Waals surface area contributed by atoms with Crippen molar-refractivity contribution < 1.29 is 19.1 Å². The van der Waals surface area contributed by atoms with Crippen molar-refractivity contribution in [2.24, 2.45) is 5.92 Å². The Kier molecular flexibility index (Phi) is 6.28. The van der Waals surface area contributed by atoms with E-state index >= 15 is 0 Å². The molecule has 3 unspecified atom stereocenters. The van der Waals surface area contributed by atoms with E-state index in [1.807, 2.05) is 30.3 Å². The summed E-state index contributed by atoms with van der Waals surface area (Å²) in [6.07, 6.45) is 2.24. The molecule has 2 aromatic carbocycles. The number of amides is 3. The van der Waals surface area contributed by atoms with Crippen LogP contribution >= 0.6 is 0 Å². The molecular weight excluding hydrogens is 448 g/mol. The molecule has 4 N–H and O–H groups in total. The normalized spacial score (nSPS) is 21.1. The van der Waals surface area contributed by atoms with Crippen molar-refractivity contribution in [3.8, 4) is 22.8 Å². The van der Waals surface area contributed by atoms with Gasteiger partial charge in [0.05, 0.1) is 25.8 Å². The van der Waals surface area contributed by atoms with Crippen LogP contribution in [-0.4, -0.2) is 42.0 Å². The van der Waals surface area contributed by atoms with Crippen LogP contribution in [0, 0.1) is 5.92 Å². The third-order valence-corrected chi connectivity index (χ3v) is 6.40. The van der Waals surface area contributed by atoms with Gasteiger partial charge in [-0.2, -0.15) is 5.10 Å². The highest BCUT2D eigenvalue weighted by molar-refractivity contribution is 5.99. The zero-order valence-corrected chi connectivity index (χ0v) is 19.6. The first-order valence-electron chi connectivity index (χ1n) is 11.6. The number of carbonyl (C=O) groups excluding carboxylic acids is 2. The Bertz CT molecular complexity index is 1210. The lowest BCUT2D eigenvalue weighted by Gasteiger charge is -2.34. The zero-order valence-electron chi connectivity index (χ0n) is 19.6. The lowest BCUT2D eigenvalue weighted by molar-refractivity contribution is -0.130. The molecule has 2 fully saturated rings. The summed E-state index contributed by atoms with van der Waals surface area (Å²) in [5.74, 6) is 1.52. The minimum Gasteiger partial charge on any atom is -0.497 e. The largest absolute Gasteiger partial charge is 0.497 e. The number of benzene rings is 2. The van der Waals surface area contributed by atoms with E-state index in [1.165, 1.54) is 0 Å². The molecule has 0 spiro atoms. The monoisotopic (exact) mass is 476 g/mol. The highest BCUT2D eigenvalue weighted by atomic mass is 16.5. The second-order valence-electron chi connectivity index (χ2n) is 8.63. The Balaban J connectivity index is 1.42. The van der Waals surface area contributed by atoms with Crippen LogP contribution in [0.2, 0.25) is 0 Å². The fourth-order valence-electron chi connectivity index (χ4n) is 4.68. The first-order valence-corrected chi connectivity index (χ1v) is 11.6. The van der Waals surface area contributed by atoms with E-state index in [1.54, 1.807) is 43.2 Å². The van der Waals surface area contributed by atoms with Crippen LogP contribution in [-0.2, 0) is 4.79 Å². The maximum absolute atomic E-state index is 13.0. The van der Waals surface area contributed by atoms with Crippen LogP contribution < -0.4 is 30.7 Å². The minimum atomic E-state index is -0.577. The number of anilines is 2. The second kappa shape index (κ2) is 9.67. The molecule has 1 aliphatic heterocycles. The number of fused-ring (bicyclic) bond motifs is 1. The van der Waals surface area contributed by atoms with Gasteiger partial charge in [0.25, 0.3) is 0 Å². The van der Waals surface area contributed by atoms with Crippen molar-refractivity contribution in [3.05, 3.63) is 54.6 Å². The van der Waals surface area contributed by atoms with Crippen molar-refractivity contribution in [2.75, 3.05) is 24.9 Å². The number of urea groups is 1. The van der Waals surface area contributed by atoms with Gasteiger partial charge >= 0.3 is 6.03 Å². The number of carbonyl (C=O) groups is 2. The number of methoxy groups -OCH3 is 2. The van der Waals surface area contributed by atoms with Crippen molar-refractivity contribution in [3.63, 3.8) is 0 Å². The van der Waals surface area contributed by atoms with Gasteiger partial charge in [0, 0.05) is 41.6 Å². The molecule has 10 nitrogen and oxygen atoms in total. The molecule has 1 aliphatic carbocycles. The van der Waals surface area contributed by atoms with Gasteiger partial charge in [0.15, 0.2) is 6.29 Å². The average Bonchev–Trinajstić information content (AvgIpc) is 3.52. The fourth-order valence-corrected chi connectivity index (χ4v) is 4.68. The molecule has 3 atom stereocenters. The van der Waals surface area contributed by atoms with Gasteiger partial charge in [0.2, 0.25) is 5.91 Å². The van der Waals surface area contributed by atoms with Gasteiger partial charge in [-0.3, -0.25) is 15.4 Å². The topological polar surface area (TPSA) is 119 Å². The standard InChI is InChI=1S/C25H28N6O4/c1-34-17-11-16(12-18(13-17)35-2)26-25(33)28-22-14-21(15-7-4-3-5-8-15)30-31(22)24-27-20-10-6-9-19(20)23(32)29-24/h3-5,7-8,11-14,19-20,24,27H,6,9-10H2,1-2H3,(H,29,32)(H2,26,28,33). The van der Waals surface area contributed by atoms with E-state index < -0.39 is 12.3 Å². The molecule has 10 heteroatoms. The molecule has 1 aromatic heterocycles. The third-order valence-electron chi connectivity index (χ3n) is 6.40. The van der Waals surface area contributed by atoms with Crippen LogP contribution in [0.1, 0.15) is 25.6 Å². The molecule has 0 radical (unpaired) electrons. The first-order chi connectivity index (χ1) is 17.0. The summed E-state index contributed by atoms with van der Waals surface area (Å²) in [6, 6.07) is 16.2. The van der Waals surface area contributed by atoms with Gasteiger partial charge < -0.3 is 20.1 Å². The van der Waals surface area contributed by atoms with Crippen LogP contribution in [0.4, 0.5) is 16.3 Å². The average molecular weight is 477 g/mol. The molecule has 1 saturated carbocycles. The maximum Gasteiger partial charge on any atom is 0.324 e. The summed E-state index contributed by atoms with van der Waals surface area (Å²) in [5, 5.41) is 16.9. The molecule has 1 saturated heterocycles. The van der Waals surface area contributed by atoms with Gasteiger partial charge in [-0.15, -0.1) is 0 Å². The number of rotatable bonds is 6. The molecule has 182 valence electrons. The molecule has 2 aliphatic rings. The SMILES string of the molecule is COc1cc(NC(=O)Nc2cc(-c3ccccc3)nn2C2NC(=O)C3CCCC3N2)cc(OC)c1. The zero-order chi connectivity index (χ0) is 24.4. The molecule has 2 heterocycles. The number of nitrogens with zero attached hydrogens (tertiary/aromatic N) is 2. The summed E-state index contributed by atoms with van der Waals surface area (Å²) in [5.41, 5.74) is 2.08. The number of nitrogens with one attached hydrogen (secondary N) is 4. The van der Waals surface area contributed by atoms with Gasteiger partial charge in [-0.25, -0.2) is 9.48 Å². The van der Waals surface area contributed by atoms with Gasteiger partial charge in [-0.1, -0.05) is 36.8 Å². The Morgan fingerprint density at radius 1 is 1.03 bits per heavy atom. The van der Waals surface area contributed by atoms with E-state index in [0.717, 1.165) is 24.8 Å². The van der Waals surface area contributed by atoms with Crippen molar-refractivity contribution in [1.82, 2.24) is 20.4 Å². The summed E-state index contributed by atoms with van der Waals surface area (Å²) in [6.45, 7) is 0. The van der Waals surface area contributed by atoms with Gasteiger partial charge in [0.1, 0.15) is 17.3 Å². The van der Waals surface area contributed by atoms with E-state index in [4.69, 9.17) is 14.6 Å².